The Morgan fingerprint density at radius 1 is 1.15 bits per heavy atom. The highest BCUT2D eigenvalue weighted by Gasteiger charge is 2.13. The molecule has 5 heteroatoms. The number of hydrogen-bond donors (Lipinski definition) is 2. The van der Waals surface area contributed by atoms with Crippen molar-refractivity contribution in [2.45, 2.75) is 6.42 Å². The van der Waals surface area contributed by atoms with E-state index in [0.717, 1.165) is 12.0 Å². The number of nitrogens with zero attached hydrogens (tertiary/aromatic N) is 2. The molecule has 104 valence electrons. The van der Waals surface area contributed by atoms with Gasteiger partial charge in [-0.15, -0.1) is 0 Å². The summed E-state index contributed by atoms with van der Waals surface area (Å²) >= 11 is 0. The van der Waals surface area contributed by atoms with Crippen molar-refractivity contribution in [1.82, 2.24) is 9.88 Å². The minimum absolute atomic E-state index is 0.129. The molecule has 0 fully saturated rings. The molecule has 20 heavy (non-hydrogen) atoms. The maximum atomic E-state index is 12.2. The molecule has 2 aromatic rings. The summed E-state index contributed by atoms with van der Waals surface area (Å²) in [5, 5.41) is 18.8. The van der Waals surface area contributed by atoms with Crippen LogP contribution in [0.1, 0.15) is 15.9 Å². The third kappa shape index (κ3) is 3.47. The first kappa shape index (κ1) is 13.9. The van der Waals surface area contributed by atoms with Crippen molar-refractivity contribution in [1.29, 1.82) is 0 Å². The molecule has 0 unspecified atom stereocenters. The van der Waals surface area contributed by atoms with E-state index in [4.69, 9.17) is 0 Å². The second kappa shape index (κ2) is 6.06. The maximum Gasteiger partial charge on any atom is 0.253 e. The molecule has 0 aliphatic heterocycles. The first-order valence-electron chi connectivity index (χ1n) is 6.23. The summed E-state index contributed by atoms with van der Waals surface area (Å²) in [6.07, 6.45) is 4.14. The standard InChI is InChI=1S/C15H16N2O3/c1-17(7-4-11-2-5-16-6-3-11)15(20)12-8-13(18)10-14(19)9-12/h2-3,5-6,8-10,18-19H,4,7H2,1H3. The highest BCUT2D eigenvalue weighted by Crippen LogP contribution is 2.21. The van der Waals surface area contributed by atoms with Crippen LogP contribution in [0.4, 0.5) is 0 Å². The molecule has 0 saturated carbocycles. The molecule has 0 atom stereocenters. The van der Waals surface area contributed by atoms with E-state index in [1.807, 2.05) is 12.1 Å². The lowest BCUT2D eigenvalue weighted by Crippen LogP contribution is -2.28. The van der Waals surface area contributed by atoms with Gasteiger partial charge in [0.25, 0.3) is 5.91 Å². The van der Waals surface area contributed by atoms with Crippen LogP contribution in [0.25, 0.3) is 0 Å². The van der Waals surface area contributed by atoms with Gasteiger partial charge in [0.2, 0.25) is 0 Å². The van der Waals surface area contributed by atoms with Crippen molar-refractivity contribution in [2.24, 2.45) is 0 Å². The van der Waals surface area contributed by atoms with Gasteiger partial charge in [-0.25, -0.2) is 0 Å². The van der Waals surface area contributed by atoms with E-state index in [9.17, 15) is 15.0 Å². The molecule has 0 saturated heterocycles. The molecule has 0 spiro atoms. The number of rotatable bonds is 4. The number of aromatic nitrogens is 1. The zero-order valence-corrected chi connectivity index (χ0v) is 11.2. The van der Waals surface area contributed by atoms with Crippen molar-refractivity contribution in [2.75, 3.05) is 13.6 Å². The Kier molecular flexibility index (Phi) is 4.20. The van der Waals surface area contributed by atoms with Crippen LogP contribution in [0.5, 0.6) is 11.5 Å². The summed E-state index contributed by atoms with van der Waals surface area (Å²) in [6, 6.07) is 7.67. The minimum atomic E-state index is -0.245. The smallest absolute Gasteiger partial charge is 0.253 e. The van der Waals surface area contributed by atoms with Gasteiger partial charge in [0.15, 0.2) is 0 Å². The number of carbonyl (C=O) groups excluding carboxylic acids is 1. The highest BCUT2D eigenvalue weighted by atomic mass is 16.3. The van der Waals surface area contributed by atoms with Gasteiger partial charge in [0.1, 0.15) is 11.5 Å². The summed E-state index contributed by atoms with van der Waals surface area (Å²) in [5.74, 6) is -0.503. The van der Waals surface area contributed by atoms with Crippen molar-refractivity contribution in [3.8, 4) is 11.5 Å². The molecular weight excluding hydrogens is 256 g/mol. The van der Waals surface area contributed by atoms with Gasteiger partial charge < -0.3 is 15.1 Å². The lowest BCUT2D eigenvalue weighted by atomic mass is 10.1. The summed E-state index contributed by atoms with van der Waals surface area (Å²) in [4.78, 5) is 17.7. The van der Waals surface area contributed by atoms with E-state index in [0.29, 0.717) is 6.54 Å². The minimum Gasteiger partial charge on any atom is -0.508 e. The zero-order valence-electron chi connectivity index (χ0n) is 11.2. The van der Waals surface area contributed by atoms with Crippen molar-refractivity contribution in [3.63, 3.8) is 0 Å². The average Bonchev–Trinajstić information content (AvgIpc) is 2.44. The monoisotopic (exact) mass is 272 g/mol. The van der Waals surface area contributed by atoms with Crippen LogP contribution in [-0.2, 0) is 6.42 Å². The summed E-state index contributed by atoms with van der Waals surface area (Å²) in [5.41, 5.74) is 1.36. The second-order valence-electron chi connectivity index (χ2n) is 4.57. The largest absolute Gasteiger partial charge is 0.508 e. The van der Waals surface area contributed by atoms with E-state index < -0.39 is 0 Å². The fourth-order valence-electron chi connectivity index (χ4n) is 1.89. The topological polar surface area (TPSA) is 73.7 Å². The molecule has 0 aliphatic carbocycles. The molecule has 0 aliphatic rings. The van der Waals surface area contributed by atoms with Crippen LogP contribution in [-0.4, -0.2) is 39.6 Å². The molecule has 5 nitrogen and oxygen atoms in total. The number of aromatic hydroxyl groups is 2. The van der Waals surface area contributed by atoms with Crippen molar-refractivity contribution < 1.29 is 15.0 Å². The number of amides is 1. The average molecular weight is 272 g/mol. The normalized spacial score (nSPS) is 10.2. The third-order valence-electron chi connectivity index (χ3n) is 2.98. The molecule has 1 aromatic heterocycles. The van der Waals surface area contributed by atoms with Crippen LogP contribution < -0.4 is 0 Å². The molecule has 1 heterocycles. The molecule has 0 bridgehead atoms. The van der Waals surface area contributed by atoms with Crippen LogP contribution in [0.3, 0.4) is 0 Å². The Morgan fingerprint density at radius 3 is 2.35 bits per heavy atom. The van der Waals surface area contributed by atoms with Crippen LogP contribution in [0, 0.1) is 0 Å². The fourth-order valence-corrected chi connectivity index (χ4v) is 1.89. The molecule has 2 N–H and O–H groups in total. The SMILES string of the molecule is CN(CCc1ccncc1)C(=O)c1cc(O)cc(O)c1. The van der Waals surface area contributed by atoms with Crippen LogP contribution >= 0.6 is 0 Å². The fraction of sp³-hybridized carbons (Fsp3) is 0.200. The van der Waals surface area contributed by atoms with E-state index in [1.54, 1.807) is 24.3 Å². The number of likely N-dealkylation sites (N-methyl/N-ethyl adjacent to an activating group) is 1. The van der Waals surface area contributed by atoms with E-state index in [2.05, 4.69) is 4.98 Å². The zero-order chi connectivity index (χ0) is 14.5. The number of hydrogen-bond acceptors (Lipinski definition) is 4. The van der Waals surface area contributed by atoms with E-state index in [-0.39, 0.29) is 23.0 Å². The van der Waals surface area contributed by atoms with Gasteiger partial charge in [0, 0.05) is 37.6 Å². The summed E-state index contributed by atoms with van der Waals surface area (Å²) in [6.45, 7) is 0.541. The Labute approximate surface area is 117 Å². The Hall–Kier alpha value is -2.56. The van der Waals surface area contributed by atoms with Crippen molar-refractivity contribution >= 4 is 5.91 Å². The number of carbonyl (C=O) groups is 1. The third-order valence-corrected chi connectivity index (χ3v) is 2.98. The van der Waals surface area contributed by atoms with Crippen LogP contribution in [0.15, 0.2) is 42.7 Å². The van der Waals surface area contributed by atoms with Crippen molar-refractivity contribution in [3.05, 3.63) is 53.9 Å². The lowest BCUT2D eigenvalue weighted by Gasteiger charge is -2.17. The Morgan fingerprint density at radius 2 is 1.75 bits per heavy atom. The quantitative estimate of drug-likeness (QED) is 0.890. The number of benzene rings is 1. The van der Waals surface area contributed by atoms with E-state index >= 15 is 0 Å². The first-order valence-corrected chi connectivity index (χ1v) is 6.23. The van der Waals surface area contributed by atoms with Gasteiger partial charge in [-0.05, 0) is 36.2 Å². The Bertz CT molecular complexity index is 579. The molecular formula is C15H16N2O3. The second-order valence-corrected chi connectivity index (χ2v) is 4.57. The highest BCUT2D eigenvalue weighted by molar-refractivity contribution is 5.94. The molecule has 1 amide bonds. The van der Waals surface area contributed by atoms with Gasteiger partial charge in [-0.2, -0.15) is 0 Å². The molecule has 2 rings (SSSR count). The summed E-state index contributed by atoms with van der Waals surface area (Å²) < 4.78 is 0. The predicted octanol–water partition coefficient (Wildman–Crippen LogP) is 1.81. The Balaban J connectivity index is 2.01. The summed E-state index contributed by atoms with van der Waals surface area (Å²) in [7, 11) is 1.69. The molecule has 0 radical (unpaired) electrons. The van der Waals surface area contributed by atoms with Gasteiger partial charge in [-0.3, -0.25) is 9.78 Å². The number of pyridine rings is 1. The van der Waals surface area contributed by atoms with Gasteiger partial charge >= 0.3 is 0 Å². The van der Waals surface area contributed by atoms with Gasteiger partial charge in [-0.1, -0.05) is 0 Å². The molecule has 1 aromatic carbocycles. The number of phenolic OH excluding ortho intramolecular Hbond substituents is 2. The maximum absolute atomic E-state index is 12.2. The van der Waals surface area contributed by atoms with E-state index in [1.165, 1.54) is 18.2 Å². The lowest BCUT2D eigenvalue weighted by molar-refractivity contribution is 0.0796. The van der Waals surface area contributed by atoms with Gasteiger partial charge in [0.05, 0.1) is 0 Å². The first-order chi connectivity index (χ1) is 9.56. The van der Waals surface area contributed by atoms with Crippen LogP contribution in [0.2, 0.25) is 0 Å². The number of phenols is 2. The predicted molar refractivity (Wildman–Crippen MR) is 74.7 cm³/mol.